The number of aliphatic hydroxyl groups is 1. The van der Waals surface area contributed by atoms with E-state index in [9.17, 15) is 10.0 Å². The van der Waals surface area contributed by atoms with Gasteiger partial charge in [-0.3, -0.25) is 0 Å². The fourth-order valence-electron chi connectivity index (χ4n) is 5.58. The van der Waals surface area contributed by atoms with E-state index in [1.54, 1.807) is 0 Å². The third-order valence-electron chi connectivity index (χ3n) is 7.02. The van der Waals surface area contributed by atoms with Crippen molar-refractivity contribution in [2.24, 2.45) is 22.4 Å². The fourth-order valence-corrected chi connectivity index (χ4v) is 5.58. The van der Waals surface area contributed by atoms with Crippen LogP contribution in [-0.4, -0.2) is 17.3 Å². The number of nitrogens with zero attached hydrogens (tertiary/aromatic N) is 1. The molecule has 0 radical (unpaired) electrons. The van der Waals surface area contributed by atoms with E-state index in [1.807, 2.05) is 6.92 Å². The van der Waals surface area contributed by atoms with Crippen molar-refractivity contribution in [2.75, 3.05) is 0 Å². The smallest absolute Gasteiger partial charge is 0.0925 e. The summed E-state index contributed by atoms with van der Waals surface area (Å²) in [5.74, 6) is 1.00. The topological polar surface area (TPSA) is 49.7 Å². The van der Waals surface area contributed by atoms with Gasteiger partial charge in [-0.05, 0) is 86.7 Å². The van der Waals surface area contributed by atoms with Crippen molar-refractivity contribution in [1.82, 2.24) is 0 Å². The Morgan fingerprint density at radius 2 is 2.04 bits per heavy atom. The molecule has 3 nitrogen and oxygen atoms in total. The molecule has 3 fully saturated rings. The number of nitroso groups, excluding NO2 is 1. The lowest BCUT2D eigenvalue weighted by Crippen LogP contribution is -2.37. The van der Waals surface area contributed by atoms with Crippen molar-refractivity contribution >= 4 is 0 Å². The van der Waals surface area contributed by atoms with Gasteiger partial charge < -0.3 is 5.11 Å². The first kappa shape index (κ1) is 17.6. The van der Waals surface area contributed by atoms with Gasteiger partial charge in [0.25, 0.3) is 0 Å². The van der Waals surface area contributed by atoms with Crippen LogP contribution in [0.15, 0.2) is 40.6 Å². The van der Waals surface area contributed by atoms with Gasteiger partial charge in [0.1, 0.15) is 0 Å². The van der Waals surface area contributed by atoms with Crippen molar-refractivity contribution in [1.29, 1.82) is 0 Å². The van der Waals surface area contributed by atoms with Crippen LogP contribution in [0.2, 0.25) is 0 Å². The van der Waals surface area contributed by atoms with E-state index in [2.05, 4.69) is 30.8 Å². The third-order valence-corrected chi connectivity index (χ3v) is 7.02. The molecule has 1 N–H and O–H groups in total. The molecule has 0 amide bonds. The molecule has 5 atom stereocenters. The van der Waals surface area contributed by atoms with Crippen molar-refractivity contribution in [3.05, 3.63) is 40.4 Å². The number of aliphatic hydroxyl groups excluding tert-OH is 1. The second-order valence-corrected chi connectivity index (χ2v) is 8.31. The zero-order valence-corrected chi connectivity index (χ0v) is 15.1. The lowest BCUT2D eigenvalue weighted by atomic mass is 9.62. The molecule has 0 heterocycles. The summed E-state index contributed by atoms with van der Waals surface area (Å²) >= 11 is 0. The van der Waals surface area contributed by atoms with Gasteiger partial charge >= 0.3 is 0 Å². The van der Waals surface area contributed by atoms with Crippen LogP contribution in [0.4, 0.5) is 0 Å². The Hall–Kier alpha value is -1.22. The van der Waals surface area contributed by atoms with Gasteiger partial charge in [-0.2, -0.15) is 4.91 Å². The first-order chi connectivity index (χ1) is 11.5. The minimum Gasteiger partial charge on any atom is -0.388 e. The van der Waals surface area contributed by atoms with Crippen molar-refractivity contribution < 1.29 is 5.11 Å². The van der Waals surface area contributed by atoms with Gasteiger partial charge in [-0.1, -0.05) is 36.4 Å². The highest BCUT2D eigenvalue weighted by Gasteiger charge is 2.51. The molecule has 24 heavy (non-hydrogen) atoms. The lowest BCUT2D eigenvalue weighted by molar-refractivity contribution is 0.121. The Kier molecular flexibility index (Phi) is 5.10. The normalized spacial score (nSPS) is 41.5. The summed E-state index contributed by atoms with van der Waals surface area (Å²) in [5.41, 5.74) is 3.87. The third kappa shape index (κ3) is 3.03. The number of hydrogen-bond acceptors (Lipinski definition) is 3. The monoisotopic (exact) mass is 329 g/mol. The van der Waals surface area contributed by atoms with Crippen LogP contribution < -0.4 is 0 Å². The van der Waals surface area contributed by atoms with Crippen LogP contribution in [-0.2, 0) is 0 Å². The summed E-state index contributed by atoms with van der Waals surface area (Å²) in [5, 5.41) is 13.3. The Morgan fingerprint density at radius 1 is 1.25 bits per heavy atom. The zero-order chi connectivity index (χ0) is 17.3. The zero-order valence-electron chi connectivity index (χ0n) is 15.1. The van der Waals surface area contributed by atoms with Gasteiger partial charge in [-0.25, -0.2) is 0 Å². The Labute approximate surface area is 145 Å². The molecule has 0 spiro atoms. The molecule has 0 aromatic rings. The highest BCUT2D eigenvalue weighted by atomic mass is 16.3. The highest BCUT2D eigenvalue weighted by molar-refractivity contribution is 5.37. The molecule has 0 saturated heterocycles. The minimum atomic E-state index is -0.365. The molecule has 0 aromatic heterocycles. The molecule has 0 aromatic carbocycles. The SMILES string of the molecule is C=C1/C(=C\C=C2/CCC[C@@]3(C)C2CC[C@@H]3[C@H](C)N=O)CCC[C@@H]1O. The lowest BCUT2D eigenvalue weighted by Gasteiger charge is -2.43. The maximum Gasteiger partial charge on any atom is 0.0925 e. The average molecular weight is 329 g/mol. The molecule has 0 bridgehead atoms. The van der Waals surface area contributed by atoms with Gasteiger partial charge in [0.05, 0.1) is 12.1 Å². The second-order valence-electron chi connectivity index (χ2n) is 8.31. The quantitative estimate of drug-likeness (QED) is 0.713. The van der Waals surface area contributed by atoms with Crippen LogP contribution in [0.5, 0.6) is 0 Å². The number of allylic oxidation sites excluding steroid dienone is 3. The Bertz CT molecular complexity index is 576. The standard InChI is InChI=1S/C21H31NO2/c1-14-16(6-4-8-20(14)23)9-10-17-7-5-13-21(3)18(15(2)22-24)11-12-19(17)21/h9-10,15,18-20,23H,1,4-8,11-13H2,2-3H3/b16-9-,17-10+/t15-,18+,19?,20-,21+/m0/s1. The van der Waals surface area contributed by atoms with E-state index >= 15 is 0 Å². The van der Waals surface area contributed by atoms with Crippen LogP contribution in [0.3, 0.4) is 0 Å². The predicted octanol–water partition coefficient (Wildman–Crippen LogP) is 5.31. The summed E-state index contributed by atoms with van der Waals surface area (Å²) in [6.07, 6.45) is 12.9. The number of rotatable bonds is 3. The summed E-state index contributed by atoms with van der Waals surface area (Å²) in [6.45, 7) is 8.43. The van der Waals surface area contributed by atoms with Crippen LogP contribution in [0.1, 0.15) is 65.2 Å². The van der Waals surface area contributed by atoms with E-state index in [4.69, 9.17) is 0 Å². The Balaban J connectivity index is 1.82. The predicted molar refractivity (Wildman–Crippen MR) is 98.6 cm³/mol. The van der Waals surface area contributed by atoms with Crippen molar-refractivity contribution in [3.63, 3.8) is 0 Å². The maximum atomic E-state index is 11.1. The number of hydrogen-bond donors (Lipinski definition) is 1. The molecule has 0 aliphatic heterocycles. The summed E-state index contributed by atoms with van der Waals surface area (Å²) in [7, 11) is 0. The van der Waals surface area contributed by atoms with Crippen LogP contribution in [0, 0.1) is 22.2 Å². The average Bonchev–Trinajstić information content (AvgIpc) is 2.93. The van der Waals surface area contributed by atoms with E-state index in [1.165, 1.54) is 30.4 Å². The molecule has 3 saturated carbocycles. The minimum absolute atomic E-state index is 0.0778. The molecular formula is C21H31NO2. The summed E-state index contributed by atoms with van der Waals surface area (Å²) in [4.78, 5) is 11.1. The number of fused-ring (bicyclic) bond motifs is 1. The first-order valence-corrected chi connectivity index (χ1v) is 9.56. The van der Waals surface area contributed by atoms with E-state index in [0.29, 0.717) is 11.8 Å². The second kappa shape index (κ2) is 6.95. The Morgan fingerprint density at radius 3 is 2.79 bits per heavy atom. The maximum absolute atomic E-state index is 11.1. The summed E-state index contributed by atoms with van der Waals surface area (Å²) in [6, 6.07) is -0.0778. The molecule has 132 valence electrons. The van der Waals surface area contributed by atoms with E-state index < -0.39 is 0 Å². The van der Waals surface area contributed by atoms with E-state index in [0.717, 1.165) is 37.7 Å². The van der Waals surface area contributed by atoms with Crippen molar-refractivity contribution in [3.8, 4) is 0 Å². The molecule has 3 rings (SSSR count). The van der Waals surface area contributed by atoms with Gasteiger partial charge in [-0.15, -0.1) is 0 Å². The fraction of sp³-hybridized carbons (Fsp3) is 0.714. The molecule has 1 unspecified atom stereocenters. The first-order valence-electron chi connectivity index (χ1n) is 9.56. The van der Waals surface area contributed by atoms with E-state index in [-0.39, 0.29) is 17.6 Å². The molecule has 3 aliphatic carbocycles. The summed E-state index contributed by atoms with van der Waals surface area (Å²) < 4.78 is 0. The molecule has 3 aliphatic rings. The molecular weight excluding hydrogens is 298 g/mol. The molecule has 3 heteroatoms. The van der Waals surface area contributed by atoms with Gasteiger partial charge in [0.2, 0.25) is 0 Å². The van der Waals surface area contributed by atoms with Crippen LogP contribution >= 0.6 is 0 Å². The van der Waals surface area contributed by atoms with Crippen LogP contribution in [0.25, 0.3) is 0 Å². The van der Waals surface area contributed by atoms with Gasteiger partial charge in [0.15, 0.2) is 0 Å². The van der Waals surface area contributed by atoms with Gasteiger partial charge in [0, 0.05) is 0 Å². The largest absolute Gasteiger partial charge is 0.388 e. The van der Waals surface area contributed by atoms with Crippen molar-refractivity contribution in [2.45, 2.75) is 77.4 Å². The highest BCUT2D eigenvalue weighted by Crippen LogP contribution is 2.58.